The van der Waals surface area contributed by atoms with Gasteiger partial charge in [0.05, 0.1) is 25.1 Å². The number of hydrogen-bond donors (Lipinski definition) is 3. The number of nitrogens with zero attached hydrogens (tertiary/aromatic N) is 1. The summed E-state index contributed by atoms with van der Waals surface area (Å²) in [6, 6.07) is 3.39. The highest BCUT2D eigenvalue weighted by Crippen LogP contribution is 2.70. The molecule has 2 heterocycles. The van der Waals surface area contributed by atoms with E-state index in [0.29, 0.717) is 12.5 Å². The number of morpholine rings is 1. The van der Waals surface area contributed by atoms with Crippen molar-refractivity contribution in [2.45, 2.75) is 82.8 Å². The number of amides is 2. The molecule has 3 N–H and O–H groups in total. The molecule has 8 nitrogen and oxygen atoms in total. The lowest BCUT2D eigenvalue weighted by Crippen LogP contribution is -2.60. The van der Waals surface area contributed by atoms with E-state index in [2.05, 4.69) is 35.5 Å². The summed E-state index contributed by atoms with van der Waals surface area (Å²) < 4.78 is 10.6. The van der Waals surface area contributed by atoms with Gasteiger partial charge in [0.25, 0.3) is 0 Å². The molecule has 4 fully saturated rings. The second kappa shape index (κ2) is 10.3. The molecule has 3 saturated carbocycles. The van der Waals surface area contributed by atoms with Gasteiger partial charge in [-0.3, -0.25) is 4.90 Å². The van der Waals surface area contributed by atoms with Crippen LogP contribution in [0, 0.1) is 22.7 Å². The van der Waals surface area contributed by atoms with Gasteiger partial charge in [-0.05, 0) is 86.2 Å². The summed E-state index contributed by atoms with van der Waals surface area (Å²) in [6.07, 6.45) is 11.7. The van der Waals surface area contributed by atoms with Gasteiger partial charge in [-0.2, -0.15) is 0 Å². The topological polar surface area (TPSA) is 104 Å². The van der Waals surface area contributed by atoms with E-state index in [-0.39, 0.29) is 40.4 Å². The van der Waals surface area contributed by atoms with Crippen LogP contribution < -0.4 is 16.3 Å². The molecule has 0 aromatic carbocycles. The summed E-state index contributed by atoms with van der Waals surface area (Å²) >= 11 is 0. The summed E-state index contributed by atoms with van der Waals surface area (Å²) in [7, 11) is 0. The van der Waals surface area contributed by atoms with Crippen LogP contribution in [0.5, 0.6) is 0 Å². The lowest BCUT2D eigenvalue weighted by molar-refractivity contribution is -0.177. The first-order chi connectivity index (χ1) is 18.7. The van der Waals surface area contributed by atoms with Crippen LogP contribution in [0.4, 0.5) is 4.79 Å². The van der Waals surface area contributed by atoms with Gasteiger partial charge in [0.2, 0.25) is 0 Å². The highest BCUT2D eigenvalue weighted by Gasteiger charge is 2.66. The minimum Gasteiger partial charge on any atom is -0.431 e. The molecule has 2 amide bonds. The summed E-state index contributed by atoms with van der Waals surface area (Å²) in [5, 5.41) is 18.7. The molecule has 214 valence electrons. The van der Waals surface area contributed by atoms with Crippen LogP contribution in [0.15, 0.2) is 39.3 Å². The van der Waals surface area contributed by atoms with Crippen molar-refractivity contribution >= 4 is 6.03 Å². The molecule has 0 spiro atoms. The van der Waals surface area contributed by atoms with Crippen molar-refractivity contribution in [1.82, 2.24) is 15.5 Å². The minimum atomic E-state index is -0.708. The van der Waals surface area contributed by atoms with Crippen LogP contribution in [-0.2, 0) is 4.74 Å². The quantitative estimate of drug-likeness (QED) is 0.492. The fourth-order valence-corrected chi connectivity index (χ4v) is 9.28. The smallest absolute Gasteiger partial charge is 0.335 e. The van der Waals surface area contributed by atoms with Crippen molar-refractivity contribution < 1.29 is 19.1 Å². The lowest BCUT2D eigenvalue weighted by Gasteiger charge is -2.62. The Bertz CT molecular complexity index is 1140. The molecule has 5 aliphatic rings. The predicted octanol–water partition coefficient (Wildman–Crippen LogP) is 3.80. The fraction of sp³-hybridized carbons (Fsp3) is 0.742. The maximum absolute atomic E-state index is 12.6. The Labute approximate surface area is 231 Å². The number of carbonyl (C=O) groups excluding carboxylic acids is 1. The molecule has 7 atom stereocenters. The summed E-state index contributed by atoms with van der Waals surface area (Å²) in [6.45, 7) is 9.58. The third-order valence-corrected chi connectivity index (χ3v) is 11.6. The molecule has 39 heavy (non-hydrogen) atoms. The zero-order valence-electron chi connectivity index (χ0n) is 23.5. The first-order valence-electron chi connectivity index (χ1n) is 15.1. The Morgan fingerprint density at radius 1 is 1.08 bits per heavy atom. The summed E-state index contributed by atoms with van der Waals surface area (Å²) in [5.74, 6) is 0.928. The van der Waals surface area contributed by atoms with E-state index in [9.17, 15) is 14.7 Å². The van der Waals surface area contributed by atoms with Gasteiger partial charge in [-0.1, -0.05) is 25.5 Å². The van der Waals surface area contributed by atoms with E-state index < -0.39 is 5.60 Å². The Kier molecular flexibility index (Phi) is 7.17. The predicted molar refractivity (Wildman–Crippen MR) is 148 cm³/mol. The third kappa shape index (κ3) is 4.66. The molecule has 4 aliphatic carbocycles. The highest BCUT2D eigenvalue weighted by atomic mass is 16.5. The van der Waals surface area contributed by atoms with Gasteiger partial charge in [0, 0.05) is 43.7 Å². The van der Waals surface area contributed by atoms with Gasteiger partial charge in [0.1, 0.15) is 0 Å². The Morgan fingerprint density at radius 2 is 1.90 bits per heavy atom. The average Bonchev–Trinajstić information content (AvgIpc) is 3.21. The van der Waals surface area contributed by atoms with E-state index in [1.807, 2.05) is 6.07 Å². The number of aliphatic hydroxyl groups is 1. The maximum atomic E-state index is 12.6. The van der Waals surface area contributed by atoms with Crippen LogP contribution >= 0.6 is 0 Å². The van der Waals surface area contributed by atoms with Crippen LogP contribution in [0.25, 0.3) is 0 Å². The number of fused-ring (bicyclic) bond motifs is 5. The zero-order valence-corrected chi connectivity index (χ0v) is 23.5. The van der Waals surface area contributed by atoms with Gasteiger partial charge in [-0.25, -0.2) is 9.59 Å². The first-order valence-corrected chi connectivity index (χ1v) is 15.1. The maximum Gasteiger partial charge on any atom is 0.335 e. The molecule has 1 saturated heterocycles. The fourth-order valence-electron chi connectivity index (χ4n) is 9.28. The lowest BCUT2D eigenvalue weighted by atomic mass is 9.45. The van der Waals surface area contributed by atoms with Crippen molar-refractivity contribution in [3.63, 3.8) is 0 Å². The van der Waals surface area contributed by atoms with E-state index in [0.717, 1.165) is 89.8 Å². The summed E-state index contributed by atoms with van der Waals surface area (Å²) in [4.78, 5) is 26.5. The van der Waals surface area contributed by atoms with E-state index in [1.165, 1.54) is 11.6 Å². The Hall–Kier alpha value is -2.16. The number of carbonyl (C=O) groups is 1. The standard InChI is InChI=1S/C31H45N3O5/c1-29-10-7-23(33-28(36)32-13-14-34-15-17-38-18-16-34)19-22(29)4-5-26-25(29)8-11-30(2)24(9-12-31(26,30)37)21-3-6-27(35)39-20-21/h3,6,19-20,23-26,37H,4-5,7-18H2,1-2H3,(H2,32,33,36)/t23-,24+,25-,26+,29-,30+,31-/m0/s1. The minimum absolute atomic E-state index is 0.0635. The Balaban J connectivity index is 1.11. The molecule has 1 aliphatic heterocycles. The monoisotopic (exact) mass is 539 g/mol. The molecule has 0 radical (unpaired) electrons. The van der Waals surface area contributed by atoms with Crippen LogP contribution in [0.1, 0.15) is 76.7 Å². The van der Waals surface area contributed by atoms with Crippen molar-refractivity contribution in [2.75, 3.05) is 39.4 Å². The van der Waals surface area contributed by atoms with Gasteiger partial charge < -0.3 is 24.9 Å². The van der Waals surface area contributed by atoms with Crippen LogP contribution in [0.2, 0.25) is 0 Å². The van der Waals surface area contributed by atoms with Gasteiger partial charge >= 0.3 is 11.7 Å². The summed E-state index contributed by atoms with van der Waals surface area (Å²) in [5.41, 5.74) is 1.34. The normalized spacial score (nSPS) is 40.1. The second-order valence-electron chi connectivity index (χ2n) is 13.2. The van der Waals surface area contributed by atoms with Crippen molar-refractivity contribution in [1.29, 1.82) is 0 Å². The molecular weight excluding hydrogens is 494 g/mol. The third-order valence-electron chi connectivity index (χ3n) is 11.6. The molecule has 6 rings (SSSR count). The van der Waals surface area contributed by atoms with Crippen molar-refractivity contribution in [3.8, 4) is 0 Å². The Morgan fingerprint density at radius 3 is 2.67 bits per heavy atom. The van der Waals surface area contributed by atoms with Gasteiger partial charge in [0.15, 0.2) is 0 Å². The molecule has 0 unspecified atom stereocenters. The zero-order chi connectivity index (χ0) is 27.3. The molecular formula is C31H45N3O5. The first kappa shape index (κ1) is 27.0. The molecule has 1 aromatic rings. The number of nitrogens with one attached hydrogen (secondary N) is 2. The molecule has 0 bridgehead atoms. The van der Waals surface area contributed by atoms with Crippen molar-refractivity contribution in [3.05, 3.63) is 46.0 Å². The average molecular weight is 540 g/mol. The number of allylic oxidation sites excluding steroid dienone is 1. The van der Waals surface area contributed by atoms with Crippen LogP contribution in [0.3, 0.4) is 0 Å². The number of urea groups is 1. The number of rotatable bonds is 5. The SMILES string of the molecule is C[C@]12CC[C@H](NC(=O)NCCN3CCOCC3)C=C1CC[C@@H]1[C@@H]2CC[C@]2(C)[C@@H](c3ccc(=O)oc3)CC[C@]12O. The van der Waals surface area contributed by atoms with E-state index >= 15 is 0 Å². The highest BCUT2D eigenvalue weighted by molar-refractivity contribution is 5.74. The van der Waals surface area contributed by atoms with E-state index in [1.54, 1.807) is 6.26 Å². The molecule has 8 heteroatoms. The van der Waals surface area contributed by atoms with E-state index in [4.69, 9.17) is 9.15 Å². The van der Waals surface area contributed by atoms with Gasteiger partial charge in [-0.15, -0.1) is 0 Å². The second-order valence-corrected chi connectivity index (χ2v) is 13.2. The number of ether oxygens (including phenoxy) is 1. The largest absolute Gasteiger partial charge is 0.431 e. The van der Waals surface area contributed by atoms with Crippen molar-refractivity contribution in [2.24, 2.45) is 22.7 Å². The van der Waals surface area contributed by atoms with Crippen LogP contribution in [-0.4, -0.2) is 67.1 Å². The molecule has 1 aromatic heterocycles. The number of hydrogen-bond acceptors (Lipinski definition) is 6.